The molecule has 0 aromatic carbocycles. The maximum absolute atomic E-state index is 12.3. The van der Waals surface area contributed by atoms with Crippen LogP contribution in [0.25, 0.3) is 0 Å². The molecule has 0 spiro atoms. The van der Waals surface area contributed by atoms with Crippen LogP contribution in [0.5, 0.6) is 0 Å². The number of anilines is 1. The van der Waals surface area contributed by atoms with E-state index in [2.05, 4.69) is 29.4 Å². The zero-order chi connectivity index (χ0) is 14.5. The van der Waals surface area contributed by atoms with Gasteiger partial charge in [-0.3, -0.25) is 9.89 Å². The zero-order valence-corrected chi connectivity index (χ0v) is 12.5. The number of hydrogen-bond acceptors (Lipinski definition) is 3. The first-order chi connectivity index (χ1) is 9.61. The Kier molecular flexibility index (Phi) is 5.04. The second-order valence-electron chi connectivity index (χ2n) is 6.00. The molecule has 20 heavy (non-hydrogen) atoms. The van der Waals surface area contributed by atoms with Crippen molar-refractivity contribution in [3.05, 3.63) is 11.4 Å². The van der Waals surface area contributed by atoms with E-state index in [9.17, 15) is 4.79 Å². The van der Waals surface area contributed by atoms with Crippen molar-refractivity contribution in [2.75, 3.05) is 5.73 Å². The number of nitrogens with one attached hydrogen (secondary N) is 2. The summed E-state index contributed by atoms with van der Waals surface area (Å²) < 4.78 is 0. The lowest BCUT2D eigenvalue weighted by molar-refractivity contribution is 0.0929. The standard InChI is InChI=1S/C15H26N4O/c1-3-5-12-13(16)14(19-18-12)15(20)17-11-7-4-6-10(2)8-9-11/h10-11H,3-9,16H2,1-2H3,(H,17,20)(H,18,19). The molecule has 5 heteroatoms. The third kappa shape index (κ3) is 3.52. The van der Waals surface area contributed by atoms with E-state index < -0.39 is 0 Å². The number of aryl methyl sites for hydroxylation is 1. The number of nitrogens with two attached hydrogens (primary N) is 1. The summed E-state index contributed by atoms with van der Waals surface area (Å²) in [7, 11) is 0. The van der Waals surface area contributed by atoms with Crippen molar-refractivity contribution in [3.8, 4) is 0 Å². The molecule has 1 saturated carbocycles. The van der Waals surface area contributed by atoms with Crippen LogP contribution in [0.4, 0.5) is 5.69 Å². The first-order valence-corrected chi connectivity index (χ1v) is 7.75. The van der Waals surface area contributed by atoms with Gasteiger partial charge in [-0.15, -0.1) is 0 Å². The van der Waals surface area contributed by atoms with Crippen LogP contribution in [0.1, 0.15) is 68.6 Å². The Morgan fingerprint density at radius 1 is 1.40 bits per heavy atom. The molecular formula is C15H26N4O. The second-order valence-corrected chi connectivity index (χ2v) is 6.00. The molecule has 1 aliphatic carbocycles. The molecule has 2 unspecified atom stereocenters. The molecule has 5 nitrogen and oxygen atoms in total. The fraction of sp³-hybridized carbons (Fsp3) is 0.733. The monoisotopic (exact) mass is 278 g/mol. The number of amides is 1. The van der Waals surface area contributed by atoms with Gasteiger partial charge in [0.15, 0.2) is 5.69 Å². The SMILES string of the molecule is CCCc1[nH]nc(C(=O)NC2CCCC(C)CC2)c1N. The first-order valence-electron chi connectivity index (χ1n) is 7.75. The summed E-state index contributed by atoms with van der Waals surface area (Å²) in [6, 6.07) is 0.262. The minimum atomic E-state index is -0.138. The van der Waals surface area contributed by atoms with Gasteiger partial charge in [-0.2, -0.15) is 5.10 Å². The van der Waals surface area contributed by atoms with Crippen LogP contribution in [-0.2, 0) is 6.42 Å². The number of carbonyl (C=O) groups excluding carboxylic acids is 1. The summed E-state index contributed by atoms with van der Waals surface area (Å²) in [5, 5.41) is 10.0. The van der Waals surface area contributed by atoms with Crippen molar-refractivity contribution in [3.63, 3.8) is 0 Å². The summed E-state index contributed by atoms with van der Waals surface area (Å²) in [5.74, 6) is 0.629. The fourth-order valence-electron chi connectivity index (χ4n) is 2.89. The van der Waals surface area contributed by atoms with Gasteiger partial charge in [0.25, 0.3) is 5.91 Å². The molecule has 0 saturated heterocycles. The number of H-pyrrole nitrogens is 1. The number of aromatic amines is 1. The average Bonchev–Trinajstić information content (AvgIpc) is 2.65. The highest BCUT2D eigenvalue weighted by molar-refractivity contribution is 5.97. The predicted octanol–water partition coefficient (Wildman–Crippen LogP) is 2.64. The van der Waals surface area contributed by atoms with Gasteiger partial charge < -0.3 is 11.1 Å². The van der Waals surface area contributed by atoms with E-state index in [1.165, 1.54) is 19.3 Å². The van der Waals surface area contributed by atoms with E-state index in [4.69, 9.17) is 5.73 Å². The average molecular weight is 278 g/mol. The van der Waals surface area contributed by atoms with Gasteiger partial charge >= 0.3 is 0 Å². The maximum atomic E-state index is 12.3. The van der Waals surface area contributed by atoms with Crippen molar-refractivity contribution in [1.29, 1.82) is 0 Å². The van der Waals surface area contributed by atoms with Crippen LogP contribution in [0, 0.1) is 5.92 Å². The molecule has 1 fully saturated rings. The topological polar surface area (TPSA) is 83.8 Å². The Bertz CT molecular complexity index is 455. The van der Waals surface area contributed by atoms with Gasteiger partial charge in [-0.1, -0.05) is 33.1 Å². The largest absolute Gasteiger partial charge is 0.395 e. The molecule has 1 heterocycles. The van der Waals surface area contributed by atoms with Gasteiger partial charge in [-0.25, -0.2) is 0 Å². The summed E-state index contributed by atoms with van der Waals surface area (Å²) in [4.78, 5) is 12.3. The molecule has 0 bridgehead atoms. The van der Waals surface area contributed by atoms with E-state index in [1.807, 2.05) is 0 Å². The smallest absolute Gasteiger partial charge is 0.274 e. The van der Waals surface area contributed by atoms with Crippen molar-refractivity contribution in [2.45, 2.75) is 64.8 Å². The van der Waals surface area contributed by atoms with Gasteiger partial charge in [-0.05, 0) is 31.6 Å². The number of hydrogen-bond donors (Lipinski definition) is 3. The molecule has 1 aromatic heterocycles. The van der Waals surface area contributed by atoms with Gasteiger partial charge in [0.2, 0.25) is 0 Å². The van der Waals surface area contributed by atoms with Crippen molar-refractivity contribution >= 4 is 11.6 Å². The Morgan fingerprint density at radius 2 is 2.20 bits per heavy atom. The summed E-state index contributed by atoms with van der Waals surface area (Å²) in [5.41, 5.74) is 7.72. The fourth-order valence-corrected chi connectivity index (χ4v) is 2.89. The van der Waals surface area contributed by atoms with Crippen LogP contribution >= 0.6 is 0 Å². The van der Waals surface area contributed by atoms with Crippen LogP contribution in [0.15, 0.2) is 0 Å². The molecule has 1 aliphatic rings. The number of nitrogen functional groups attached to an aromatic ring is 1. The van der Waals surface area contributed by atoms with Crippen LogP contribution in [0.2, 0.25) is 0 Å². The maximum Gasteiger partial charge on any atom is 0.274 e. The Labute approximate surface area is 120 Å². The van der Waals surface area contributed by atoms with E-state index in [0.29, 0.717) is 11.4 Å². The Hall–Kier alpha value is -1.52. The molecule has 2 atom stereocenters. The van der Waals surface area contributed by atoms with Gasteiger partial charge in [0.1, 0.15) is 0 Å². The molecule has 2 rings (SSSR count). The molecule has 112 valence electrons. The lowest BCUT2D eigenvalue weighted by atomic mass is 10.0. The highest BCUT2D eigenvalue weighted by atomic mass is 16.2. The van der Waals surface area contributed by atoms with E-state index in [0.717, 1.165) is 37.3 Å². The molecule has 1 aromatic rings. The lowest BCUT2D eigenvalue weighted by Crippen LogP contribution is -2.35. The Morgan fingerprint density at radius 3 is 2.95 bits per heavy atom. The number of nitrogens with zero attached hydrogens (tertiary/aromatic N) is 1. The van der Waals surface area contributed by atoms with E-state index >= 15 is 0 Å². The summed E-state index contributed by atoms with van der Waals surface area (Å²) in [6.07, 6.45) is 7.55. The molecule has 4 N–H and O–H groups in total. The van der Waals surface area contributed by atoms with Crippen LogP contribution < -0.4 is 11.1 Å². The number of rotatable bonds is 4. The van der Waals surface area contributed by atoms with Gasteiger partial charge in [0, 0.05) is 6.04 Å². The number of aromatic nitrogens is 2. The van der Waals surface area contributed by atoms with Gasteiger partial charge in [0.05, 0.1) is 11.4 Å². The first kappa shape index (κ1) is 14.9. The van der Waals surface area contributed by atoms with E-state index in [-0.39, 0.29) is 11.9 Å². The molecular weight excluding hydrogens is 252 g/mol. The van der Waals surface area contributed by atoms with Crippen molar-refractivity contribution in [1.82, 2.24) is 15.5 Å². The normalized spacial score (nSPS) is 23.3. The molecule has 0 radical (unpaired) electrons. The second kappa shape index (κ2) is 6.77. The van der Waals surface area contributed by atoms with Crippen molar-refractivity contribution in [2.24, 2.45) is 5.92 Å². The quantitative estimate of drug-likeness (QED) is 0.740. The molecule has 0 aliphatic heterocycles. The minimum absolute atomic E-state index is 0.138. The van der Waals surface area contributed by atoms with Crippen LogP contribution in [0.3, 0.4) is 0 Å². The number of carbonyl (C=O) groups is 1. The van der Waals surface area contributed by atoms with Crippen molar-refractivity contribution < 1.29 is 4.79 Å². The molecule has 1 amide bonds. The lowest BCUT2D eigenvalue weighted by Gasteiger charge is -2.15. The predicted molar refractivity (Wildman–Crippen MR) is 80.5 cm³/mol. The summed E-state index contributed by atoms with van der Waals surface area (Å²) >= 11 is 0. The van der Waals surface area contributed by atoms with E-state index in [1.54, 1.807) is 0 Å². The zero-order valence-electron chi connectivity index (χ0n) is 12.5. The Balaban J connectivity index is 1.97. The highest BCUT2D eigenvalue weighted by Crippen LogP contribution is 2.23. The van der Waals surface area contributed by atoms with Crippen LogP contribution in [-0.4, -0.2) is 22.1 Å². The summed E-state index contributed by atoms with van der Waals surface area (Å²) in [6.45, 7) is 4.36. The third-order valence-electron chi connectivity index (χ3n) is 4.19. The third-order valence-corrected chi connectivity index (χ3v) is 4.19. The highest BCUT2D eigenvalue weighted by Gasteiger charge is 2.22. The minimum Gasteiger partial charge on any atom is -0.395 e.